The monoisotopic (exact) mass is 439 g/mol. The highest BCUT2D eigenvalue weighted by Crippen LogP contribution is 2.26. The molecule has 8 heteroatoms. The highest BCUT2D eigenvalue weighted by Gasteiger charge is 2.29. The molecule has 1 aromatic carbocycles. The van der Waals surface area contributed by atoms with Gasteiger partial charge in [-0.2, -0.15) is 0 Å². The third-order valence-corrected chi connectivity index (χ3v) is 5.40. The Hall–Kier alpha value is -2.28. The van der Waals surface area contributed by atoms with Gasteiger partial charge in [-0.3, -0.25) is 9.59 Å². The second-order valence-corrected chi connectivity index (χ2v) is 8.41. The number of ether oxygens (including phenoxy) is 2. The number of benzene rings is 1. The minimum absolute atomic E-state index is 0.127. The van der Waals surface area contributed by atoms with Gasteiger partial charge in [-0.15, -0.1) is 0 Å². The fourth-order valence-electron chi connectivity index (χ4n) is 3.41. The number of carboxylic acid groups (broad SMARTS) is 1. The Morgan fingerprint density at radius 2 is 1.73 bits per heavy atom. The van der Waals surface area contributed by atoms with Gasteiger partial charge in [0.05, 0.1) is 12.0 Å². The molecule has 0 heterocycles. The van der Waals surface area contributed by atoms with Crippen molar-refractivity contribution in [1.82, 2.24) is 5.32 Å². The van der Waals surface area contributed by atoms with Crippen molar-refractivity contribution in [2.45, 2.75) is 71.1 Å². The van der Waals surface area contributed by atoms with E-state index in [9.17, 15) is 14.4 Å². The Balaban J connectivity index is 2.00. The maximum Gasteiger partial charge on any atom is 0.410 e. The minimum Gasteiger partial charge on any atom is -0.481 e. The summed E-state index contributed by atoms with van der Waals surface area (Å²) in [6.45, 7) is 3.60. The van der Waals surface area contributed by atoms with E-state index in [1.807, 2.05) is 0 Å². The largest absolute Gasteiger partial charge is 0.481 e. The van der Waals surface area contributed by atoms with Crippen molar-refractivity contribution in [3.63, 3.8) is 0 Å². The van der Waals surface area contributed by atoms with Gasteiger partial charge < -0.3 is 19.9 Å². The van der Waals surface area contributed by atoms with Crippen LogP contribution in [0.25, 0.3) is 0 Å². The number of esters is 1. The van der Waals surface area contributed by atoms with Crippen LogP contribution in [0.3, 0.4) is 0 Å². The summed E-state index contributed by atoms with van der Waals surface area (Å²) in [5.41, 5.74) is 0.706. The molecule has 2 atom stereocenters. The average Bonchev–Trinajstić information content (AvgIpc) is 2.71. The van der Waals surface area contributed by atoms with Crippen molar-refractivity contribution in [3.8, 4) is 0 Å². The quantitative estimate of drug-likeness (QED) is 0.411. The summed E-state index contributed by atoms with van der Waals surface area (Å²) >= 11 is 5.91. The number of alkyl carbamates (subject to hydrolysis) is 1. The van der Waals surface area contributed by atoms with E-state index < -0.39 is 24.4 Å². The summed E-state index contributed by atoms with van der Waals surface area (Å²) in [7, 11) is 0. The van der Waals surface area contributed by atoms with Crippen molar-refractivity contribution in [3.05, 3.63) is 34.9 Å². The minimum atomic E-state index is -1.01. The molecule has 0 saturated heterocycles. The number of halogens is 1. The first-order valence-electron chi connectivity index (χ1n) is 10.4. The lowest BCUT2D eigenvalue weighted by Gasteiger charge is -2.27. The van der Waals surface area contributed by atoms with Gasteiger partial charge in [-0.25, -0.2) is 4.79 Å². The summed E-state index contributed by atoms with van der Waals surface area (Å²) in [6.07, 6.45) is 2.99. The molecule has 2 rings (SSSR count). The molecule has 0 radical (unpaired) electrons. The SMILES string of the molecule is CC(C)C(OC(=O)NC(CCC(=O)O)c1ccc(Cl)cc1)OC(=O)C1CCCCC1. The van der Waals surface area contributed by atoms with Crippen LogP contribution in [-0.2, 0) is 19.1 Å². The van der Waals surface area contributed by atoms with Gasteiger partial charge in [0.1, 0.15) is 0 Å². The van der Waals surface area contributed by atoms with E-state index in [0.29, 0.717) is 10.6 Å². The van der Waals surface area contributed by atoms with Gasteiger partial charge >= 0.3 is 18.0 Å². The molecule has 0 spiro atoms. The Kier molecular flexibility index (Phi) is 9.43. The number of carbonyl (C=O) groups is 3. The predicted molar refractivity (Wildman–Crippen MR) is 112 cm³/mol. The van der Waals surface area contributed by atoms with Crippen LogP contribution in [0.5, 0.6) is 0 Å². The van der Waals surface area contributed by atoms with Crippen LogP contribution in [0, 0.1) is 11.8 Å². The third-order valence-electron chi connectivity index (χ3n) is 5.15. The van der Waals surface area contributed by atoms with E-state index in [4.69, 9.17) is 26.2 Å². The molecular weight excluding hydrogens is 410 g/mol. The maximum absolute atomic E-state index is 12.5. The van der Waals surface area contributed by atoms with Crippen LogP contribution in [0.2, 0.25) is 5.02 Å². The van der Waals surface area contributed by atoms with Gasteiger partial charge in [0, 0.05) is 17.4 Å². The van der Waals surface area contributed by atoms with Crippen molar-refractivity contribution in [1.29, 1.82) is 0 Å². The zero-order valence-electron chi connectivity index (χ0n) is 17.4. The molecule has 1 fully saturated rings. The smallest absolute Gasteiger partial charge is 0.410 e. The van der Waals surface area contributed by atoms with Crippen LogP contribution in [0.15, 0.2) is 24.3 Å². The maximum atomic E-state index is 12.5. The Labute approximate surface area is 182 Å². The van der Waals surface area contributed by atoms with Gasteiger partial charge in [0.25, 0.3) is 6.29 Å². The lowest BCUT2D eigenvalue weighted by atomic mass is 9.89. The normalized spacial score (nSPS) is 16.5. The molecule has 0 aromatic heterocycles. The molecule has 1 saturated carbocycles. The third kappa shape index (κ3) is 7.86. The van der Waals surface area contributed by atoms with E-state index in [-0.39, 0.29) is 30.6 Å². The van der Waals surface area contributed by atoms with Crippen LogP contribution < -0.4 is 5.32 Å². The molecular formula is C22H30ClNO6. The fourth-order valence-corrected chi connectivity index (χ4v) is 3.54. The molecule has 1 aromatic rings. The first kappa shape index (κ1) is 24.0. The van der Waals surface area contributed by atoms with Gasteiger partial charge in [-0.1, -0.05) is 56.8 Å². The molecule has 2 N–H and O–H groups in total. The zero-order chi connectivity index (χ0) is 22.1. The van der Waals surface area contributed by atoms with Crippen LogP contribution in [-0.4, -0.2) is 29.4 Å². The molecule has 1 aliphatic carbocycles. The number of nitrogens with one attached hydrogen (secondary N) is 1. The number of carbonyl (C=O) groups excluding carboxylic acids is 2. The van der Waals surface area contributed by atoms with Gasteiger partial charge in [0.15, 0.2) is 0 Å². The standard InChI is InChI=1S/C22H30ClNO6/c1-14(2)21(29-20(27)16-6-4-3-5-7-16)30-22(28)24-18(12-13-19(25)26)15-8-10-17(23)11-9-15/h8-11,14,16,18,21H,3-7,12-13H2,1-2H3,(H,24,28)(H,25,26). The van der Waals surface area contributed by atoms with Crippen molar-refractivity contribution in [2.75, 3.05) is 0 Å². The van der Waals surface area contributed by atoms with E-state index in [2.05, 4.69) is 5.32 Å². The molecule has 166 valence electrons. The topological polar surface area (TPSA) is 102 Å². The zero-order valence-corrected chi connectivity index (χ0v) is 18.2. The average molecular weight is 440 g/mol. The fraction of sp³-hybridized carbons (Fsp3) is 0.591. The highest BCUT2D eigenvalue weighted by molar-refractivity contribution is 6.30. The Morgan fingerprint density at radius 3 is 2.30 bits per heavy atom. The van der Waals surface area contributed by atoms with E-state index in [1.165, 1.54) is 0 Å². The summed E-state index contributed by atoms with van der Waals surface area (Å²) in [4.78, 5) is 35.9. The van der Waals surface area contributed by atoms with Gasteiger partial charge in [0.2, 0.25) is 0 Å². The lowest BCUT2D eigenvalue weighted by Crippen LogP contribution is -2.37. The number of hydrogen-bond acceptors (Lipinski definition) is 5. The van der Waals surface area contributed by atoms with Crippen LogP contribution in [0.1, 0.15) is 70.4 Å². The van der Waals surface area contributed by atoms with E-state index in [1.54, 1.807) is 38.1 Å². The molecule has 1 aliphatic rings. The first-order chi connectivity index (χ1) is 14.3. The summed E-state index contributed by atoms with van der Waals surface area (Å²) < 4.78 is 10.9. The number of hydrogen-bond donors (Lipinski definition) is 2. The number of carboxylic acids is 1. The predicted octanol–water partition coefficient (Wildman–Crippen LogP) is 5.08. The highest BCUT2D eigenvalue weighted by atomic mass is 35.5. The molecule has 1 amide bonds. The number of aliphatic carboxylic acids is 1. The lowest BCUT2D eigenvalue weighted by molar-refractivity contribution is -0.181. The molecule has 0 aliphatic heterocycles. The molecule has 0 bridgehead atoms. The molecule has 7 nitrogen and oxygen atoms in total. The Morgan fingerprint density at radius 1 is 1.10 bits per heavy atom. The van der Waals surface area contributed by atoms with Crippen LogP contribution >= 0.6 is 11.6 Å². The number of rotatable bonds is 9. The van der Waals surface area contributed by atoms with E-state index >= 15 is 0 Å². The van der Waals surface area contributed by atoms with E-state index in [0.717, 1.165) is 32.1 Å². The Bertz CT molecular complexity index is 715. The number of amides is 1. The van der Waals surface area contributed by atoms with Crippen LogP contribution in [0.4, 0.5) is 4.79 Å². The second kappa shape index (κ2) is 11.8. The second-order valence-electron chi connectivity index (χ2n) is 7.97. The first-order valence-corrected chi connectivity index (χ1v) is 10.8. The van der Waals surface area contributed by atoms with Gasteiger partial charge in [-0.05, 0) is 37.0 Å². The summed E-state index contributed by atoms with van der Waals surface area (Å²) in [6, 6.07) is 6.20. The van der Waals surface area contributed by atoms with Crippen molar-refractivity contribution in [2.24, 2.45) is 11.8 Å². The summed E-state index contributed by atoms with van der Waals surface area (Å²) in [5, 5.41) is 12.2. The summed E-state index contributed by atoms with van der Waals surface area (Å²) in [5.74, 6) is -1.67. The van der Waals surface area contributed by atoms with Crippen molar-refractivity contribution < 1.29 is 29.0 Å². The molecule has 2 unspecified atom stereocenters. The molecule has 30 heavy (non-hydrogen) atoms. The van der Waals surface area contributed by atoms with Crippen molar-refractivity contribution >= 4 is 29.6 Å².